The predicted molar refractivity (Wildman–Crippen MR) is 93.3 cm³/mol. The zero-order chi connectivity index (χ0) is 17.1. The number of H-pyrrole nitrogens is 1. The molecule has 1 aliphatic carbocycles. The molecule has 1 aliphatic rings. The maximum absolute atomic E-state index is 14.0. The number of para-hydroxylation sites is 1. The Hall–Kier alpha value is -2.28. The first-order chi connectivity index (χ1) is 11.6. The van der Waals surface area contributed by atoms with Gasteiger partial charge in [0.25, 0.3) is 5.56 Å². The molecule has 1 aromatic carbocycles. The van der Waals surface area contributed by atoms with Gasteiger partial charge in [-0.1, -0.05) is 31.4 Å². The number of nitrogens with zero attached hydrogens (tertiary/aromatic N) is 2. The van der Waals surface area contributed by atoms with Gasteiger partial charge in [-0.2, -0.15) is 0 Å². The molecule has 0 atom stereocenters. The highest BCUT2D eigenvalue weighted by atomic mass is 32.1. The molecule has 2 N–H and O–H groups in total. The molecule has 2 aromatic rings. The van der Waals surface area contributed by atoms with Crippen LogP contribution in [0.15, 0.2) is 34.1 Å². The van der Waals surface area contributed by atoms with Crippen molar-refractivity contribution in [3.8, 4) is 11.6 Å². The fraction of sp³-hybridized carbons (Fsp3) is 0.353. The summed E-state index contributed by atoms with van der Waals surface area (Å²) in [5, 5.41) is 10.5. The number of rotatable bonds is 3. The Kier molecular flexibility index (Phi) is 4.89. The molecule has 0 unspecified atom stereocenters. The van der Waals surface area contributed by atoms with Gasteiger partial charge in [0.1, 0.15) is 11.4 Å². The number of hydrogen-bond acceptors (Lipinski definition) is 4. The summed E-state index contributed by atoms with van der Waals surface area (Å²) >= 11 is 5.07. The molecule has 0 radical (unpaired) electrons. The Bertz CT molecular complexity index is 882. The fourth-order valence-electron chi connectivity index (χ4n) is 2.92. The lowest BCUT2D eigenvalue weighted by molar-refractivity contribution is 0.428. The first-order valence-corrected chi connectivity index (χ1v) is 8.35. The van der Waals surface area contributed by atoms with Gasteiger partial charge in [-0.3, -0.25) is 19.3 Å². The standard InChI is InChI=1S/C17H18FN3O2S/c18-13-8-4-5-9-14(13)21-16(23)12(15(22)20-17(21)24)10-19-11-6-2-1-3-7-11/h4-5,8-11,23H,1-3,6-7H2,(H,20,22,24). The maximum Gasteiger partial charge on any atom is 0.264 e. The molecule has 1 heterocycles. The van der Waals surface area contributed by atoms with Crippen LogP contribution in [0.3, 0.4) is 0 Å². The van der Waals surface area contributed by atoms with Gasteiger partial charge in [-0.25, -0.2) is 4.39 Å². The first kappa shape index (κ1) is 16.6. The Morgan fingerprint density at radius 2 is 2.00 bits per heavy atom. The van der Waals surface area contributed by atoms with Gasteiger partial charge >= 0.3 is 0 Å². The van der Waals surface area contributed by atoms with Crippen LogP contribution in [0.5, 0.6) is 5.88 Å². The summed E-state index contributed by atoms with van der Waals surface area (Å²) in [6, 6.07) is 6.06. The van der Waals surface area contributed by atoms with Crippen molar-refractivity contribution in [3.63, 3.8) is 0 Å². The van der Waals surface area contributed by atoms with E-state index in [0.717, 1.165) is 30.3 Å². The van der Waals surface area contributed by atoms with Gasteiger partial charge in [0.15, 0.2) is 4.77 Å². The van der Waals surface area contributed by atoms with E-state index in [1.807, 2.05) is 0 Å². The van der Waals surface area contributed by atoms with E-state index in [4.69, 9.17) is 12.2 Å². The Morgan fingerprint density at radius 1 is 1.29 bits per heavy atom. The Balaban J connectivity index is 2.06. The number of halogens is 1. The second-order valence-electron chi connectivity index (χ2n) is 5.85. The summed E-state index contributed by atoms with van der Waals surface area (Å²) < 4.78 is 15.1. The zero-order valence-electron chi connectivity index (χ0n) is 13.0. The number of aromatic amines is 1. The van der Waals surface area contributed by atoms with Crippen molar-refractivity contribution in [1.29, 1.82) is 0 Å². The van der Waals surface area contributed by atoms with E-state index < -0.39 is 17.3 Å². The lowest BCUT2D eigenvalue weighted by Crippen LogP contribution is -2.19. The largest absolute Gasteiger partial charge is 0.494 e. The van der Waals surface area contributed by atoms with Crippen molar-refractivity contribution in [2.75, 3.05) is 0 Å². The van der Waals surface area contributed by atoms with E-state index >= 15 is 0 Å². The number of benzene rings is 1. The highest BCUT2D eigenvalue weighted by molar-refractivity contribution is 7.71. The normalized spacial score (nSPS) is 15.9. The summed E-state index contributed by atoms with van der Waals surface area (Å²) in [5.41, 5.74) is -0.481. The van der Waals surface area contributed by atoms with Crippen LogP contribution in [-0.2, 0) is 0 Å². The molecule has 24 heavy (non-hydrogen) atoms. The van der Waals surface area contributed by atoms with Crippen molar-refractivity contribution in [2.45, 2.75) is 38.1 Å². The summed E-state index contributed by atoms with van der Waals surface area (Å²) in [5.74, 6) is -0.959. The molecule has 0 amide bonds. The third kappa shape index (κ3) is 3.31. The summed E-state index contributed by atoms with van der Waals surface area (Å²) in [6.07, 6.45) is 6.75. The molecule has 3 rings (SSSR count). The number of hydrogen-bond donors (Lipinski definition) is 2. The van der Waals surface area contributed by atoms with E-state index in [9.17, 15) is 14.3 Å². The minimum atomic E-state index is -0.550. The smallest absolute Gasteiger partial charge is 0.264 e. The minimum Gasteiger partial charge on any atom is -0.494 e. The third-order valence-corrected chi connectivity index (χ3v) is 4.49. The van der Waals surface area contributed by atoms with Crippen molar-refractivity contribution in [3.05, 3.63) is 50.8 Å². The topological polar surface area (TPSA) is 70.4 Å². The predicted octanol–water partition coefficient (Wildman–Crippen LogP) is 3.49. The van der Waals surface area contributed by atoms with Crippen LogP contribution in [0.25, 0.3) is 5.69 Å². The van der Waals surface area contributed by atoms with E-state index in [1.165, 1.54) is 30.8 Å². The van der Waals surface area contributed by atoms with Crippen molar-refractivity contribution in [1.82, 2.24) is 9.55 Å². The van der Waals surface area contributed by atoms with Crippen LogP contribution in [0.4, 0.5) is 4.39 Å². The lowest BCUT2D eigenvalue weighted by atomic mass is 9.96. The molecule has 0 aliphatic heterocycles. The van der Waals surface area contributed by atoms with Gasteiger partial charge in [-0.05, 0) is 37.2 Å². The number of aromatic nitrogens is 2. The maximum atomic E-state index is 14.0. The monoisotopic (exact) mass is 347 g/mol. The van der Waals surface area contributed by atoms with Crippen LogP contribution in [0.2, 0.25) is 0 Å². The van der Waals surface area contributed by atoms with Crippen molar-refractivity contribution >= 4 is 18.4 Å². The average Bonchev–Trinajstić information content (AvgIpc) is 2.57. The van der Waals surface area contributed by atoms with Crippen LogP contribution in [0.1, 0.15) is 37.7 Å². The summed E-state index contributed by atoms with van der Waals surface area (Å²) in [4.78, 5) is 19.0. The van der Waals surface area contributed by atoms with Gasteiger partial charge in [0.05, 0.1) is 5.69 Å². The Labute approximate surface area is 143 Å². The molecule has 0 spiro atoms. The molecule has 7 heteroatoms. The van der Waals surface area contributed by atoms with Gasteiger partial charge in [-0.15, -0.1) is 0 Å². The molecular formula is C17H18FN3O2S. The summed E-state index contributed by atoms with van der Waals surface area (Å²) in [6.45, 7) is 0. The van der Waals surface area contributed by atoms with Crippen molar-refractivity contribution < 1.29 is 9.50 Å². The van der Waals surface area contributed by atoms with Gasteiger partial charge in [0.2, 0.25) is 5.88 Å². The molecule has 1 saturated carbocycles. The molecule has 1 aromatic heterocycles. The summed E-state index contributed by atoms with van der Waals surface area (Å²) in [7, 11) is 0. The third-order valence-electron chi connectivity index (χ3n) is 4.20. The van der Waals surface area contributed by atoms with Crippen LogP contribution in [0, 0.1) is 10.6 Å². The second-order valence-corrected chi connectivity index (χ2v) is 6.24. The average molecular weight is 347 g/mol. The minimum absolute atomic E-state index is 0.0163. The Morgan fingerprint density at radius 3 is 2.71 bits per heavy atom. The molecule has 0 bridgehead atoms. The fourth-order valence-corrected chi connectivity index (χ4v) is 3.20. The highest BCUT2D eigenvalue weighted by Gasteiger charge is 2.16. The van der Waals surface area contributed by atoms with Crippen LogP contribution in [-0.4, -0.2) is 26.9 Å². The van der Waals surface area contributed by atoms with Gasteiger partial charge < -0.3 is 5.11 Å². The van der Waals surface area contributed by atoms with Crippen molar-refractivity contribution in [2.24, 2.45) is 4.99 Å². The van der Waals surface area contributed by atoms with Gasteiger partial charge in [0, 0.05) is 12.3 Å². The highest BCUT2D eigenvalue weighted by Crippen LogP contribution is 2.23. The van der Waals surface area contributed by atoms with E-state index in [-0.39, 0.29) is 22.1 Å². The van der Waals surface area contributed by atoms with E-state index in [2.05, 4.69) is 9.98 Å². The SMILES string of the molecule is O=c1[nH]c(=S)n(-c2ccccc2F)c(O)c1C=NC1CCCCC1. The lowest BCUT2D eigenvalue weighted by Gasteiger charge is -2.17. The molecule has 1 fully saturated rings. The molecule has 0 saturated heterocycles. The zero-order valence-corrected chi connectivity index (χ0v) is 13.9. The van der Waals surface area contributed by atoms with E-state index in [0.29, 0.717) is 0 Å². The molecular weight excluding hydrogens is 329 g/mol. The first-order valence-electron chi connectivity index (χ1n) is 7.94. The number of nitrogens with one attached hydrogen (secondary N) is 1. The van der Waals surface area contributed by atoms with Crippen LogP contribution >= 0.6 is 12.2 Å². The quantitative estimate of drug-likeness (QED) is 0.659. The number of aliphatic imine (C=N–C) groups is 1. The molecule has 126 valence electrons. The second kappa shape index (κ2) is 7.09. The molecule has 5 nitrogen and oxygen atoms in total. The number of aromatic hydroxyl groups is 1. The van der Waals surface area contributed by atoms with Crippen LogP contribution < -0.4 is 5.56 Å². The van der Waals surface area contributed by atoms with E-state index in [1.54, 1.807) is 6.07 Å².